The van der Waals surface area contributed by atoms with Gasteiger partial charge in [-0.05, 0) is 23.8 Å². The van der Waals surface area contributed by atoms with Gasteiger partial charge in [0.25, 0.3) is 0 Å². The summed E-state index contributed by atoms with van der Waals surface area (Å²) in [6, 6.07) is 6.63. The van der Waals surface area contributed by atoms with E-state index in [0.29, 0.717) is 5.39 Å². The number of ether oxygens (including phenoxy) is 1. The third-order valence-electron chi connectivity index (χ3n) is 3.31. The summed E-state index contributed by atoms with van der Waals surface area (Å²) in [5.74, 6) is -5.14. The number of hydrogen-bond acceptors (Lipinski definition) is 2. The van der Waals surface area contributed by atoms with Crippen molar-refractivity contribution in [2.75, 3.05) is 6.61 Å². The Hall–Kier alpha value is -1.89. The fourth-order valence-corrected chi connectivity index (χ4v) is 2.24. The van der Waals surface area contributed by atoms with Crippen LogP contribution >= 0.6 is 0 Å². The van der Waals surface area contributed by atoms with Gasteiger partial charge in [0.05, 0.1) is 6.61 Å². The van der Waals surface area contributed by atoms with Gasteiger partial charge in [-0.1, -0.05) is 30.3 Å². The van der Waals surface area contributed by atoms with E-state index in [-0.39, 0.29) is 23.3 Å². The highest BCUT2D eigenvalue weighted by Crippen LogP contribution is 2.47. The standard InChI is InChI=1S/C15H14F5NO/c1-2-22-11-8-7-9-5-3-4-6-10(9)12(11)13(21)14(16,17)15(18,19)20/h3-8,13H,2,21H2,1H3/t13-/m0/s1. The molecule has 0 unspecified atom stereocenters. The minimum atomic E-state index is -5.74. The fourth-order valence-electron chi connectivity index (χ4n) is 2.24. The van der Waals surface area contributed by atoms with Crippen molar-refractivity contribution in [1.29, 1.82) is 0 Å². The predicted octanol–water partition coefficient (Wildman–Crippen LogP) is 4.44. The molecule has 2 aromatic rings. The molecular weight excluding hydrogens is 305 g/mol. The average Bonchev–Trinajstić information content (AvgIpc) is 2.45. The molecule has 22 heavy (non-hydrogen) atoms. The van der Waals surface area contributed by atoms with E-state index in [9.17, 15) is 22.0 Å². The van der Waals surface area contributed by atoms with Crippen molar-refractivity contribution in [3.05, 3.63) is 42.0 Å². The average molecular weight is 319 g/mol. The van der Waals surface area contributed by atoms with Crippen LogP contribution in [0.15, 0.2) is 36.4 Å². The highest BCUT2D eigenvalue weighted by atomic mass is 19.4. The fraction of sp³-hybridized carbons (Fsp3) is 0.333. The van der Waals surface area contributed by atoms with Crippen LogP contribution in [0.4, 0.5) is 22.0 Å². The van der Waals surface area contributed by atoms with Crippen molar-refractivity contribution in [3.63, 3.8) is 0 Å². The number of benzene rings is 2. The largest absolute Gasteiger partial charge is 0.494 e. The van der Waals surface area contributed by atoms with Crippen LogP contribution in [0, 0.1) is 0 Å². The first-order valence-corrected chi connectivity index (χ1v) is 6.54. The van der Waals surface area contributed by atoms with Crippen molar-refractivity contribution in [1.82, 2.24) is 0 Å². The van der Waals surface area contributed by atoms with Gasteiger partial charge >= 0.3 is 12.1 Å². The third-order valence-corrected chi connectivity index (χ3v) is 3.31. The Morgan fingerprint density at radius 3 is 2.27 bits per heavy atom. The molecule has 0 saturated carbocycles. The van der Waals surface area contributed by atoms with E-state index in [2.05, 4.69) is 0 Å². The SMILES string of the molecule is CCOc1ccc2ccccc2c1[C@H](N)C(F)(F)C(F)(F)F. The van der Waals surface area contributed by atoms with Gasteiger partial charge in [-0.25, -0.2) is 0 Å². The molecule has 0 aliphatic carbocycles. The molecule has 0 heterocycles. The van der Waals surface area contributed by atoms with Crippen LogP contribution in [0.2, 0.25) is 0 Å². The molecule has 0 saturated heterocycles. The molecule has 0 radical (unpaired) electrons. The summed E-state index contributed by atoms with van der Waals surface area (Å²) in [5, 5.41) is 0.722. The first-order valence-electron chi connectivity index (χ1n) is 6.54. The second kappa shape index (κ2) is 5.72. The summed E-state index contributed by atoms with van der Waals surface area (Å²) in [7, 11) is 0. The van der Waals surface area contributed by atoms with Crippen LogP contribution in [0.5, 0.6) is 5.75 Å². The third kappa shape index (κ3) is 2.72. The zero-order valence-electron chi connectivity index (χ0n) is 11.6. The topological polar surface area (TPSA) is 35.2 Å². The van der Waals surface area contributed by atoms with Crippen molar-refractivity contribution in [2.45, 2.75) is 25.1 Å². The lowest BCUT2D eigenvalue weighted by molar-refractivity contribution is -0.290. The second-order valence-corrected chi connectivity index (χ2v) is 4.73. The molecular formula is C15H14F5NO. The molecule has 2 rings (SSSR count). The second-order valence-electron chi connectivity index (χ2n) is 4.73. The summed E-state index contributed by atoms with van der Waals surface area (Å²) >= 11 is 0. The van der Waals surface area contributed by atoms with E-state index in [1.807, 2.05) is 0 Å². The molecule has 2 N–H and O–H groups in total. The lowest BCUT2D eigenvalue weighted by Crippen LogP contribution is -2.46. The van der Waals surface area contributed by atoms with E-state index >= 15 is 0 Å². The zero-order chi connectivity index (χ0) is 16.5. The van der Waals surface area contributed by atoms with Gasteiger partial charge in [-0.15, -0.1) is 0 Å². The number of halogens is 5. The maximum atomic E-state index is 13.7. The van der Waals surface area contributed by atoms with Crippen molar-refractivity contribution in [3.8, 4) is 5.75 Å². The molecule has 0 spiro atoms. The minimum absolute atomic E-state index is 0.0716. The Morgan fingerprint density at radius 2 is 1.68 bits per heavy atom. The van der Waals surface area contributed by atoms with Crippen LogP contribution < -0.4 is 10.5 Å². The maximum absolute atomic E-state index is 13.7. The Kier molecular flexibility index (Phi) is 4.28. The van der Waals surface area contributed by atoms with Gasteiger partial charge in [-0.3, -0.25) is 0 Å². The summed E-state index contributed by atoms with van der Waals surface area (Å²) in [6.07, 6.45) is -5.74. The van der Waals surface area contributed by atoms with Crippen LogP contribution in [-0.4, -0.2) is 18.7 Å². The molecule has 0 amide bonds. The minimum Gasteiger partial charge on any atom is -0.494 e. The van der Waals surface area contributed by atoms with E-state index in [0.717, 1.165) is 0 Å². The smallest absolute Gasteiger partial charge is 0.455 e. The Labute approximate surface area is 123 Å². The monoisotopic (exact) mass is 319 g/mol. The lowest BCUT2D eigenvalue weighted by atomic mass is 9.94. The number of hydrogen-bond donors (Lipinski definition) is 1. The number of alkyl halides is 5. The van der Waals surface area contributed by atoms with Crippen molar-refractivity contribution in [2.24, 2.45) is 5.73 Å². The van der Waals surface area contributed by atoms with E-state index in [1.165, 1.54) is 12.1 Å². The molecule has 0 bridgehead atoms. The summed E-state index contributed by atoms with van der Waals surface area (Å²) < 4.78 is 70.3. The first kappa shape index (κ1) is 16.5. The van der Waals surface area contributed by atoms with Gasteiger partial charge in [0.2, 0.25) is 0 Å². The normalized spacial score (nSPS) is 14.1. The van der Waals surface area contributed by atoms with Crippen LogP contribution in [0.1, 0.15) is 18.5 Å². The summed E-state index contributed by atoms with van der Waals surface area (Å²) in [6.45, 7) is 1.72. The number of fused-ring (bicyclic) bond motifs is 1. The quantitative estimate of drug-likeness (QED) is 0.846. The van der Waals surface area contributed by atoms with Gasteiger partial charge < -0.3 is 10.5 Å². The van der Waals surface area contributed by atoms with Gasteiger partial charge in [0.15, 0.2) is 0 Å². The highest BCUT2D eigenvalue weighted by Gasteiger charge is 2.62. The molecule has 0 aliphatic rings. The van der Waals surface area contributed by atoms with Crippen molar-refractivity contribution < 1.29 is 26.7 Å². The summed E-state index contributed by atoms with van der Waals surface area (Å²) in [5.41, 5.74) is 4.96. The molecule has 1 atom stereocenters. The summed E-state index contributed by atoms with van der Waals surface area (Å²) in [4.78, 5) is 0. The van der Waals surface area contributed by atoms with E-state index in [1.54, 1.807) is 31.2 Å². The van der Waals surface area contributed by atoms with Gasteiger partial charge in [-0.2, -0.15) is 22.0 Å². The Bertz CT molecular complexity index is 669. The molecule has 0 aromatic heterocycles. The van der Waals surface area contributed by atoms with Crippen molar-refractivity contribution >= 4 is 10.8 Å². The lowest BCUT2D eigenvalue weighted by Gasteiger charge is -2.28. The molecule has 120 valence electrons. The molecule has 0 fully saturated rings. The zero-order valence-corrected chi connectivity index (χ0v) is 11.6. The van der Waals surface area contributed by atoms with Gasteiger partial charge in [0.1, 0.15) is 11.8 Å². The van der Waals surface area contributed by atoms with Crippen LogP contribution in [-0.2, 0) is 0 Å². The van der Waals surface area contributed by atoms with E-state index in [4.69, 9.17) is 10.5 Å². The van der Waals surface area contributed by atoms with E-state index < -0.39 is 18.1 Å². The number of nitrogens with two attached hydrogens (primary N) is 1. The highest BCUT2D eigenvalue weighted by molar-refractivity contribution is 5.88. The molecule has 2 nitrogen and oxygen atoms in total. The Balaban J connectivity index is 2.68. The van der Waals surface area contributed by atoms with Crippen LogP contribution in [0.25, 0.3) is 10.8 Å². The molecule has 2 aromatic carbocycles. The molecule has 0 aliphatic heterocycles. The van der Waals surface area contributed by atoms with Crippen LogP contribution in [0.3, 0.4) is 0 Å². The van der Waals surface area contributed by atoms with Gasteiger partial charge in [0, 0.05) is 5.56 Å². The Morgan fingerprint density at radius 1 is 1.05 bits per heavy atom. The molecule has 7 heteroatoms. The predicted molar refractivity (Wildman–Crippen MR) is 73.0 cm³/mol. The number of rotatable bonds is 4. The maximum Gasteiger partial charge on any atom is 0.455 e. The first-order chi connectivity index (χ1) is 10.2.